The molecule has 0 heterocycles. The van der Waals surface area contributed by atoms with E-state index in [1.807, 2.05) is 0 Å². The third-order valence-electron chi connectivity index (χ3n) is 5.53. The topological polar surface area (TPSA) is 115 Å². The molecule has 0 fully saturated rings. The monoisotopic (exact) mass is 427 g/mol. The maximum absolute atomic E-state index is 11.0. The van der Waals surface area contributed by atoms with Crippen LogP contribution in [0.25, 0.3) is 0 Å². The van der Waals surface area contributed by atoms with Crippen LogP contribution in [0.15, 0.2) is 12.2 Å². The van der Waals surface area contributed by atoms with Crippen molar-refractivity contribution >= 4 is 17.9 Å². The van der Waals surface area contributed by atoms with E-state index in [1.54, 1.807) is 0 Å². The van der Waals surface area contributed by atoms with Crippen molar-refractivity contribution in [3.8, 4) is 0 Å². The average molecular weight is 428 g/mol. The second kappa shape index (κ2) is 17.9. The van der Waals surface area contributed by atoms with E-state index in [0.717, 1.165) is 25.7 Å². The summed E-state index contributed by atoms with van der Waals surface area (Å²) in [6, 6.07) is 0. The molecule has 0 unspecified atom stereocenters. The quantitative estimate of drug-likeness (QED) is 0.165. The van der Waals surface area contributed by atoms with Crippen molar-refractivity contribution in [3.05, 3.63) is 12.2 Å². The fourth-order valence-corrected chi connectivity index (χ4v) is 3.65. The number of hydrogen-bond donors (Lipinski definition) is 2. The van der Waals surface area contributed by atoms with Crippen molar-refractivity contribution in [2.45, 2.75) is 90.4 Å². The molecular formula is C23H41NO6. The molecular weight excluding hydrogens is 386 g/mol. The van der Waals surface area contributed by atoms with Gasteiger partial charge in [0.05, 0.1) is 39.0 Å². The first-order valence-electron chi connectivity index (χ1n) is 11.4. The van der Waals surface area contributed by atoms with Crippen LogP contribution in [0.3, 0.4) is 0 Å². The van der Waals surface area contributed by atoms with Gasteiger partial charge in [-0.2, -0.15) is 0 Å². The van der Waals surface area contributed by atoms with Gasteiger partial charge >= 0.3 is 11.9 Å². The second-order valence-corrected chi connectivity index (χ2v) is 8.17. The Bertz CT molecular complexity index is 472. The Morgan fingerprint density at radius 3 is 1.67 bits per heavy atom. The molecule has 0 aliphatic carbocycles. The molecule has 0 aromatic rings. The Hall–Kier alpha value is -1.89. The summed E-state index contributed by atoms with van der Waals surface area (Å²) in [7, 11) is 0. The highest BCUT2D eigenvalue weighted by molar-refractivity contribution is 5.67. The van der Waals surface area contributed by atoms with Gasteiger partial charge in [-0.25, -0.2) is 0 Å². The minimum absolute atomic E-state index is 0.106. The number of allylic oxidation sites excluding steroid dienone is 2. The number of carbonyl (C=O) groups excluding carboxylic acids is 1. The summed E-state index contributed by atoms with van der Waals surface area (Å²) in [4.78, 5) is 33.0. The average Bonchev–Trinajstić information content (AvgIpc) is 2.69. The van der Waals surface area contributed by atoms with Gasteiger partial charge in [-0.1, -0.05) is 51.2 Å². The standard InChI is InChI=1S/C23H41NO6/c1-2-3-4-5-6-7-8-9-10-11-12-13-17-24(18-14-21(25)26,19-15-22(27)28)20-16-23(29)30/h9-10H,2-8,11-20H2,1H3,(H2-,25,26,27,28,29,30)/b10-9+. The first-order chi connectivity index (χ1) is 14.3. The molecule has 0 radical (unpaired) electrons. The van der Waals surface area contributed by atoms with Crippen LogP contribution in [0.5, 0.6) is 0 Å². The first kappa shape index (κ1) is 28.1. The smallest absolute Gasteiger partial charge is 0.309 e. The Morgan fingerprint density at radius 1 is 0.700 bits per heavy atom. The van der Waals surface area contributed by atoms with Crippen LogP contribution in [-0.4, -0.2) is 58.8 Å². The third-order valence-corrected chi connectivity index (χ3v) is 5.53. The Labute approximate surface area is 181 Å². The molecule has 0 amide bonds. The van der Waals surface area contributed by atoms with Gasteiger partial charge in [-0.3, -0.25) is 9.59 Å². The predicted molar refractivity (Wildman–Crippen MR) is 115 cm³/mol. The van der Waals surface area contributed by atoms with E-state index in [0.29, 0.717) is 6.54 Å². The van der Waals surface area contributed by atoms with Crippen LogP contribution in [0, 0.1) is 0 Å². The van der Waals surface area contributed by atoms with Crippen molar-refractivity contribution in [2.24, 2.45) is 0 Å². The van der Waals surface area contributed by atoms with Gasteiger partial charge in [0, 0.05) is 12.4 Å². The molecule has 0 atom stereocenters. The van der Waals surface area contributed by atoms with E-state index in [2.05, 4.69) is 19.1 Å². The lowest BCUT2D eigenvalue weighted by atomic mass is 10.1. The largest absolute Gasteiger partial charge is 0.550 e. The highest BCUT2D eigenvalue weighted by atomic mass is 16.4. The number of rotatable bonds is 21. The summed E-state index contributed by atoms with van der Waals surface area (Å²) in [6.45, 7) is 3.48. The summed E-state index contributed by atoms with van der Waals surface area (Å²) in [5, 5.41) is 29.0. The lowest BCUT2D eigenvalue weighted by Crippen LogP contribution is -2.53. The summed E-state index contributed by atoms with van der Waals surface area (Å²) < 4.78 is 0.202. The molecule has 0 aliphatic heterocycles. The predicted octanol–water partition coefficient (Wildman–Crippen LogP) is 3.37. The van der Waals surface area contributed by atoms with Gasteiger partial charge in [-0.15, -0.1) is 0 Å². The molecule has 0 aliphatic rings. The SMILES string of the molecule is CCCCCCCC/C=C/CCCC[N+](CCC(=O)[O-])(CCC(=O)O)CCC(=O)O. The van der Waals surface area contributed by atoms with Gasteiger partial charge in [-0.05, 0) is 32.1 Å². The fraction of sp³-hybridized carbons (Fsp3) is 0.783. The summed E-state index contributed by atoms with van der Waals surface area (Å²) >= 11 is 0. The number of carboxylic acids is 3. The Balaban J connectivity index is 4.42. The molecule has 174 valence electrons. The lowest BCUT2D eigenvalue weighted by Gasteiger charge is -2.38. The number of nitrogens with zero attached hydrogens (tertiary/aromatic N) is 1. The zero-order chi connectivity index (χ0) is 22.7. The Kier molecular flexibility index (Phi) is 16.8. The van der Waals surface area contributed by atoms with Gasteiger partial charge in [0.15, 0.2) is 0 Å². The number of aliphatic carboxylic acids is 3. The summed E-state index contributed by atoms with van der Waals surface area (Å²) in [5.74, 6) is -3.11. The highest BCUT2D eigenvalue weighted by Crippen LogP contribution is 2.15. The van der Waals surface area contributed by atoms with Crippen molar-refractivity contribution < 1.29 is 34.2 Å². The van der Waals surface area contributed by atoms with Crippen LogP contribution < -0.4 is 5.11 Å². The molecule has 7 heteroatoms. The van der Waals surface area contributed by atoms with Crippen molar-refractivity contribution in [1.29, 1.82) is 0 Å². The minimum Gasteiger partial charge on any atom is -0.550 e. The van der Waals surface area contributed by atoms with Gasteiger partial charge in [0.2, 0.25) is 0 Å². The maximum atomic E-state index is 11.0. The van der Waals surface area contributed by atoms with Gasteiger partial charge in [0.1, 0.15) is 0 Å². The number of quaternary nitrogens is 1. The van der Waals surface area contributed by atoms with E-state index in [4.69, 9.17) is 10.2 Å². The molecule has 0 saturated carbocycles. The van der Waals surface area contributed by atoms with Crippen LogP contribution in [-0.2, 0) is 14.4 Å². The number of carbonyl (C=O) groups is 3. The van der Waals surface area contributed by atoms with Crippen molar-refractivity contribution in [1.82, 2.24) is 0 Å². The van der Waals surface area contributed by atoms with Crippen LogP contribution in [0.1, 0.15) is 90.4 Å². The number of unbranched alkanes of at least 4 members (excludes halogenated alkanes) is 8. The maximum Gasteiger partial charge on any atom is 0.309 e. The molecule has 7 nitrogen and oxygen atoms in total. The molecule has 0 spiro atoms. The molecule has 0 rings (SSSR count). The lowest BCUT2D eigenvalue weighted by molar-refractivity contribution is -0.927. The van der Waals surface area contributed by atoms with Crippen molar-refractivity contribution in [2.75, 3.05) is 26.2 Å². The summed E-state index contributed by atoms with van der Waals surface area (Å²) in [5.41, 5.74) is 0. The van der Waals surface area contributed by atoms with Crippen molar-refractivity contribution in [3.63, 3.8) is 0 Å². The number of hydrogen-bond acceptors (Lipinski definition) is 4. The van der Waals surface area contributed by atoms with Crippen LogP contribution in [0.4, 0.5) is 0 Å². The van der Waals surface area contributed by atoms with Gasteiger partial charge < -0.3 is 24.6 Å². The van der Waals surface area contributed by atoms with E-state index < -0.39 is 17.9 Å². The molecule has 0 aromatic carbocycles. The fourth-order valence-electron chi connectivity index (χ4n) is 3.65. The van der Waals surface area contributed by atoms with Crippen LogP contribution in [0.2, 0.25) is 0 Å². The second-order valence-electron chi connectivity index (χ2n) is 8.17. The molecule has 30 heavy (non-hydrogen) atoms. The van der Waals surface area contributed by atoms with E-state index in [9.17, 15) is 19.5 Å². The zero-order valence-corrected chi connectivity index (χ0v) is 18.7. The zero-order valence-electron chi connectivity index (χ0n) is 18.7. The molecule has 0 bridgehead atoms. The van der Waals surface area contributed by atoms with E-state index >= 15 is 0 Å². The van der Waals surface area contributed by atoms with E-state index in [1.165, 1.54) is 38.5 Å². The molecule has 0 saturated heterocycles. The first-order valence-corrected chi connectivity index (χ1v) is 11.4. The highest BCUT2D eigenvalue weighted by Gasteiger charge is 2.28. The summed E-state index contributed by atoms with van der Waals surface area (Å²) in [6.07, 6.45) is 15.4. The normalized spacial score (nSPS) is 11.8. The minimum atomic E-state index is -1.19. The third kappa shape index (κ3) is 17.0. The molecule has 0 aromatic heterocycles. The molecule has 2 N–H and O–H groups in total. The van der Waals surface area contributed by atoms with E-state index in [-0.39, 0.29) is 43.4 Å². The Morgan fingerprint density at radius 2 is 1.17 bits per heavy atom. The van der Waals surface area contributed by atoms with Gasteiger partial charge in [0.25, 0.3) is 0 Å². The van der Waals surface area contributed by atoms with Crippen LogP contribution >= 0.6 is 0 Å². The number of carboxylic acid groups (broad SMARTS) is 3.